The average Bonchev–Trinajstić information content (AvgIpc) is 2.86. The van der Waals surface area contributed by atoms with E-state index in [0.29, 0.717) is 24.6 Å². The van der Waals surface area contributed by atoms with Crippen LogP contribution in [0.3, 0.4) is 0 Å². The number of nitrogens with zero attached hydrogens (tertiary/aromatic N) is 3. The molecule has 0 unspecified atom stereocenters. The minimum Gasteiger partial charge on any atom is -0.497 e. The molecule has 0 aliphatic heterocycles. The van der Waals surface area contributed by atoms with Gasteiger partial charge in [-0.05, 0) is 38.1 Å². The summed E-state index contributed by atoms with van der Waals surface area (Å²) in [6.45, 7) is 3.64. The van der Waals surface area contributed by atoms with E-state index in [1.54, 1.807) is 45.2 Å². The minimum absolute atomic E-state index is 0.0596. The predicted octanol–water partition coefficient (Wildman–Crippen LogP) is 1.61. The van der Waals surface area contributed by atoms with Gasteiger partial charge < -0.3 is 14.8 Å². The summed E-state index contributed by atoms with van der Waals surface area (Å²) in [7, 11) is 1.59. The number of carbonyl (C=O) groups excluding carboxylic acids is 1. The molecular weight excluding hydrogens is 328 g/mol. The van der Waals surface area contributed by atoms with Crippen LogP contribution < -0.4 is 14.8 Å². The van der Waals surface area contributed by atoms with Gasteiger partial charge in [0.2, 0.25) is 5.91 Å². The number of aromatic nitrogens is 2. The van der Waals surface area contributed by atoms with E-state index < -0.39 is 4.92 Å². The molecule has 0 aliphatic rings. The summed E-state index contributed by atoms with van der Waals surface area (Å²) in [6.07, 6.45) is 0. The molecule has 0 saturated carbocycles. The summed E-state index contributed by atoms with van der Waals surface area (Å²) in [5, 5.41) is 17.7. The van der Waals surface area contributed by atoms with Gasteiger partial charge in [-0.15, -0.1) is 0 Å². The Morgan fingerprint density at radius 1 is 1.28 bits per heavy atom. The Kier molecular flexibility index (Phi) is 5.93. The van der Waals surface area contributed by atoms with E-state index in [1.807, 2.05) is 0 Å². The quantitative estimate of drug-likeness (QED) is 0.441. The summed E-state index contributed by atoms with van der Waals surface area (Å²) >= 11 is 0. The molecule has 9 nitrogen and oxygen atoms in total. The van der Waals surface area contributed by atoms with E-state index in [4.69, 9.17) is 9.47 Å². The van der Waals surface area contributed by atoms with E-state index in [1.165, 1.54) is 4.68 Å². The van der Waals surface area contributed by atoms with Crippen molar-refractivity contribution in [2.45, 2.75) is 20.4 Å². The molecule has 1 aromatic heterocycles. The number of methoxy groups -OCH3 is 1. The summed E-state index contributed by atoms with van der Waals surface area (Å²) < 4.78 is 11.9. The van der Waals surface area contributed by atoms with Gasteiger partial charge in [0.25, 0.3) is 0 Å². The van der Waals surface area contributed by atoms with Gasteiger partial charge in [0, 0.05) is 0 Å². The second-order valence-electron chi connectivity index (χ2n) is 5.31. The number of nitrogens with one attached hydrogen (secondary N) is 1. The third kappa shape index (κ3) is 4.69. The van der Waals surface area contributed by atoms with Crippen LogP contribution in [0, 0.1) is 24.0 Å². The van der Waals surface area contributed by atoms with E-state index >= 15 is 0 Å². The summed E-state index contributed by atoms with van der Waals surface area (Å²) in [5.41, 5.74) is 0.584. The second-order valence-corrected chi connectivity index (χ2v) is 5.31. The zero-order valence-corrected chi connectivity index (χ0v) is 14.3. The lowest BCUT2D eigenvalue weighted by atomic mass is 10.3. The average molecular weight is 348 g/mol. The van der Waals surface area contributed by atoms with E-state index in [9.17, 15) is 14.9 Å². The first-order valence-corrected chi connectivity index (χ1v) is 7.64. The summed E-state index contributed by atoms with van der Waals surface area (Å²) in [4.78, 5) is 22.4. The Morgan fingerprint density at radius 2 is 1.92 bits per heavy atom. The molecule has 2 rings (SSSR count). The molecular formula is C16H20N4O5. The van der Waals surface area contributed by atoms with Gasteiger partial charge in [0.15, 0.2) is 0 Å². The number of aryl methyl sites for hydroxylation is 1. The lowest BCUT2D eigenvalue weighted by molar-refractivity contribution is -0.386. The molecule has 1 heterocycles. The predicted molar refractivity (Wildman–Crippen MR) is 89.9 cm³/mol. The molecule has 0 radical (unpaired) electrons. The van der Waals surface area contributed by atoms with Gasteiger partial charge in [-0.1, -0.05) is 0 Å². The maximum absolute atomic E-state index is 11.9. The Bertz CT molecular complexity index is 755. The van der Waals surface area contributed by atoms with Crippen LogP contribution >= 0.6 is 0 Å². The zero-order valence-electron chi connectivity index (χ0n) is 14.3. The van der Waals surface area contributed by atoms with E-state index in [0.717, 1.165) is 5.75 Å². The fourth-order valence-corrected chi connectivity index (χ4v) is 2.33. The maximum atomic E-state index is 11.9. The number of ether oxygens (including phenoxy) is 2. The van der Waals surface area contributed by atoms with Crippen LogP contribution in [0.5, 0.6) is 11.5 Å². The van der Waals surface area contributed by atoms with Gasteiger partial charge in [0.05, 0.1) is 18.6 Å². The van der Waals surface area contributed by atoms with E-state index in [2.05, 4.69) is 10.4 Å². The highest BCUT2D eigenvalue weighted by Crippen LogP contribution is 2.21. The second kappa shape index (κ2) is 8.13. The van der Waals surface area contributed by atoms with Crippen LogP contribution in [-0.2, 0) is 11.3 Å². The first-order chi connectivity index (χ1) is 11.9. The first-order valence-electron chi connectivity index (χ1n) is 7.64. The maximum Gasteiger partial charge on any atom is 0.312 e. The van der Waals surface area contributed by atoms with Crippen molar-refractivity contribution in [3.63, 3.8) is 0 Å². The minimum atomic E-state index is -0.491. The van der Waals surface area contributed by atoms with Crippen molar-refractivity contribution < 1.29 is 19.2 Å². The number of nitro groups is 1. The molecule has 134 valence electrons. The third-order valence-electron chi connectivity index (χ3n) is 3.57. The number of hydrogen-bond acceptors (Lipinski definition) is 6. The SMILES string of the molecule is COc1ccc(OCCNC(=O)Cn2nc(C)c([N+](=O)[O-])c2C)cc1. The molecule has 1 N–H and O–H groups in total. The topological polar surface area (TPSA) is 109 Å². The molecule has 25 heavy (non-hydrogen) atoms. The molecule has 1 aromatic carbocycles. The molecule has 0 bridgehead atoms. The van der Waals surface area contributed by atoms with Gasteiger partial charge in [-0.3, -0.25) is 19.6 Å². The number of carbonyl (C=O) groups is 1. The highest BCUT2D eigenvalue weighted by molar-refractivity contribution is 5.75. The van der Waals surface area contributed by atoms with Crippen LogP contribution in [0.2, 0.25) is 0 Å². The Morgan fingerprint density at radius 3 is 2.48 bits per heavy atom. The molecule has 0 spiro atoms. The lowest BCUT2D eigenvalue weighted by Gasteiger charge is -2.09. The van der Waals surface area contributed by atoms with Crippen molar-refractivity contribution in [2.24, 2.45) is 0 Å². The molecule has 9 heteroatoms. The fraction of sp³-hybridized carbons (Fsp3) is 0.375. The van der Waals surface area contributed by atoms with Gasteiger partial charge in [0.1, 0.15) is 36.0 Å². The van der Waals surface area contributed by atoms with Crippen LogP contribution in [0.25, 0.3) is 0 Å². The molecule has 0 fully saturated rings. The van der Waals surface area contributed by atoms with Crippen LogP contribution in [0.4, 0.5) is 5.69 Å². The highest BCUT2D eigenvalue weighted by Gasteiger charge is 2.22. The van der Waals surface area contributed by atoms with E-state index in [-0.39, 0.29) is 23.8 Å². The summed E-state index contributed by atoms with van der Waals surface area (Å²) in [6, 6.07) is 7.11. The number of hydrogen-bond donors (Lipinski definition) is 1. The van der Waals surface area contributed by atoms with Crippen molar-refractivity contribution in [3.8, 4) is 11.5 Å². The molecule has 2 aromatic rings. The van der Waals surface area contributed by atoms with Crippen molar-refractivity contribution in [2.75, 3.05) is 20.3 Å². The van der Waals surface area contributed by atoms with Crippen molar-refractivity contribution in [1.82, 2.24) is 15.1 Å². The van der Waals surface area contributed by atoms with Crippen LogP contribution in [0.15, 0.2) is 24.3 Å². The number of rotatable bonds is 8. The van der Waals surface area contributed by atoms with Crippen molar-refractivity contribution >= 4 is 11.6 Å². The van der Waals surface area contributed by atoms with Gasteiger partial charge >= 0.3 is 5.69 Å². The summed E-state index contributed by atoms with van der Waals surface area (Å²) in [5.74, 6) is 1.11. The standard InChI is InChI=1S/C16H20N4O5/c1-11-16(20(22)23)12(2)19(18-11)10-15(21)17-8-9-25-14-6-4-13(24-3)5-7-14/h4-7H,8-10H2,1-3H3,(H,17,21). The monoisotopic (exact) mass is 348 g/mol. The highest BCUT2D eigenvalue weighted by atomic mass is 16.6. The lowest BCUT2D eigenvalue weighted by Crippen LogP contribution is -2.31. The number of amides is 1. The fourth-order valence-electron chi connectivity index (χ4n) is 2.33. The van der Waals surface area contributed by atoms with Crippen molar-refractivity contribution in [3.05, 3.63) is 45.8 Å². The smallest absolute Gasteiger partial charge is 0.312 e. The molecule has 0 saturated heterocycles. The zero-order chi connectivity index (χ0) is 18.4. The van der Waals surface area contributed by atoms with Crippen LogP contribution in [0.1, 0.15) is 11.4 Å². The van der Waals surface area contributed by atoms with Gasteiger partial charge in [-0.2, -0.15) is 5.10 Å². The molecule has 0 aliphatic carbocycles. The van der Waals surface area contributed by atoms with Crippen LogP contribution in [-0.4, -0.2) is 40.9 Å². The first kappa shape index (κ1) is 18.2. The Labute approximate surface area is 144 Å². The Balaban J connectivity index is 1.79. The Hall–Kier alpha value is -3.10. The molecule has 0 atom stereocenters. The third-order valence-corrected chi connectivity index (χ3v) is 3.57. The molecule has 1 amide bonds. The normalized spacial score (nSPS) is 10.4. The largest absolute Gasteiger partial charge is 0.497 e. The number of benzene rings is 1. The van der Waals surface area contributed by atoms with Gasteiger partial charge in [-0.25, -0.2) is 0 Å². The van der Waals surface area contributed by atoms with Crippen molar-refractivity contribution in [1.29, 1.82) is 0 Å².